The molecule has 0 bridgehead atoms. The highest BCUT2D eigenvalue weighted by Gasteiger charge is 2.30. The Bertz CT molecular complexity index is 3330. The molecule has 488 valence electrons. The van der Waals surface area contributed by atoms with Gasteiger partial charge >= 0.3 is 29.8 Å². The summed E-state index contributed by atoms with van der Waals surface area (Å²) in [5.74, 6) is 2.99. The lowest BCUT2D eigenvalue weighted by Crippen LogP contribution is -2.27. The first-order valence-electron chi connectivity index (χ1n) is 32.7. The molecule has 17 nitrogen and oxygen atoms in total. The van der Waals surface area contributed by atoms with E-state index in [0.29, 0.717) is 141 Å². The number of fused-ring (bicyclic) bond motifs is 1. The molecular weight excluding hydrogens is 1170 g/mol. The number of esters is 5. The minimum Gasteiger partial charge on any atom is -0.494 e. The SMILES string of the molecule is C=CC(=O)OCCCCCCOc1ccc(OC(=O)C2CCC(COc3cccc(-c4nc5ccc(OCCCCCCOC(=O)C=C)cc5nc4-c4cccc(OCC5CCC(C(=O)Oc6ccc(OCCCCCCOC(=O)C=C)cc6)CC5)c4)c3)CC2)cc1. The van der Waals surface area contributed by atoms with Crippen molar-refractivity contribution in [3.63, 3.8) is 0 Å². The van der Waals surface area contributed by atoms with Gasteiger partial charge in [-0.3, -0.25) is 9.59 Å². The van der Waals surface area contributed by atoms with Gasteiger partial charge in [-0.15, -0.1) is 0 Å². The third-order valence-electron chi connectivity index (χ3n) is 16.4. The second-order valence-corrected chi connectivity index (χ2v) is 23.4. The number of carbonyl (C=O) groups excluding carboxylic acids is 5. The van der Waals surface area contributed by atoms with Crippen LogP contribution in [0, 0.1) is 23.7 Å². The van der Waals surface area contributed by atoms with Gasteiger partial charge in [-0.25, -0.2) is 24.4 Å². The highest BCUT2D eigenvalue weighted by atomic mass is 16.6. The molecule has 2 fully saturated rings. The zero-order chi connectivity index (χ0) is 64.5. The van der Waals surface area contributed by atoms with Crippen molar-refractivity contribution in [2.24, 2.45) is 23.7 Å². The molecular formula is C75H88N2O15. The molecule has 0 aliphatic heterocycles. The first kappa shape index (κ1) is 68.9. The molecule has 2 aliphatic rings. The van der Waals surface area contributed by atoms with E-state index < -0.39 is 17.9 Å². The van der Waals surface area contributed by atoms with Crippen LogP contribution in [0.15, 0.2) is 153 Å². The molecule has 8 rings (SSSR count). The van der Waals surface area contributed by atoms with E-state index in [1.54, 1.807) is 24.3 Å². The topological polar surface area (TPSA) is 203 Å². The zero-order valence-corrected chi connectivity index (χ0v) is 52.9. The van der Waals surface area contributed by atoms with Gasteiger partial charge in [0.2, 0.25) is 0 Å². The predicted molar refractivity (Wildman–Crippen MR) is 352 cm³/mol. The molecule has 5 aromatic carbocycles. The van der Waals surface area contributed by atoms with Crippen molar-refractivity contribution in [1.29, 1.82) is 0 Å². The maximum Gasteiger partial charge on any atom is 0.330 e. The number of benzene rings is 5. The summed E-state index contributed by atoms with van der Waals surface area (Å²) in [6.45, 7) is 14.0. The molecule has 92 heavy (non-hydrogen) atoms. The molecule has 0 unspecified atom stereocenters. The van der Waals surface area contributed by atoms with Gasteiger partial charge in [0.15, 0.2) is 0 Å². The summed E-state index contributed by atoms with van der Waals surface area (Å²) in [4.78, 5) is 70.9. The van der Waals surface area contributed by atoms with E-state index in [-0.39, 0.29) is 35.6 Å². The van der Waals surface area contributed by atoms with E-state index in [4.69, 9.17) is 57.3 Å². The summed E-state index contributed by atoms with van der Waals surface area (Å²) in [5, 5.41) is 0. The van der Waals surface area contributed by atoms with Crippen LogP contribution < -0.4 is 33.2 Å². The minimum absolute atomic E-state index is 0.194. The van der Waals surface area contributed by atoms with Crippen molar-refractivity contribution in [3.8, 4) is 62.8 Å². The van der Waals surface area contributed by atoms with Crippen LogP contribution in [-0.4, -0.2) is 92.7 Å². The maximum absolute atomic E-state index is 13.3. The normalized spacial score (nSPS) is 16.0. The third kappa shape index (κ3) is 23.4. The molecule has 0 amide bonds. The molecule has 1 aromatic heterocycles. The highest BCUT2D eigenvalue weighted by Crippen LogP contribution is 2.37. The van der Waals surface area contributed by atoms with Gasteiger partial charge in [0, 0.05) is 35.4 Å². The van der Waals surface area contributed by atoms with Crippen molar-refractivity contribution in [2.45, 2.75) is 128 Å². The Balaban J connectivity index is 0.826. The van der Waals surface area contributed by atoms with Crippen LogP contribution in [0.4, 0.5) is 0 Å². The summed E-state index contributed by atoms with van der Waals surface area (Å²) in [6, 6.07) is 36.0. The number of hydrogen-bond donors (Lipinski definition) is 0. The minimum atomic E-state index is -0.408. The van der Waals surface area contributed by atoms with Crippen molar-refractivity contribution in [2.75, 3.05) is 52.9 Å². The molecule has 0 saturated heterocycles. The van der Waals surface area contributed by atoms with Gasteiger partial charge in [-0.2, -0.15) is 0 Å². The Morgan fingerprint density at radius 2 is 0.696 bits per heavy atom. The van der Waals surface area contributed by atoms with E-state index in [1.807, 2.05) is 91.0 Å². The molecule has 0 spiro atoms. The lowest BCUT2D eigenvalue weighted by molar-refractivity contribution is -0.141. The van der Waals surface area contributed by atoms with Gasteiger partial charge in [-0.1, -0.05) is 44.0 Å². The van der Waals surface area contributed by atoms with Crippen LogP contribution in [0.1, 0.15) is 128 Å². The standard InChI is InChI=1S/C75H88N2O15/c1-4-69(78)86-46-16-10-7-13-43-83-60-33-37-62(38-34-60)91-74(81)56-29-25-54(26-30-56)52-89-64-23-19-21-58(49-64)72-73(77-68-51-66(41-42-67(68)76-72)85-45-15-9-12-18-48-88-71(80)6-3)59-22-20-24-65(50-59)90-53-55-27-31-57(32-28-55)75(82)92-63-39-35-61(36-40-63)84-44-14-8-11-17-47-87-70(79)5-2/h4-6,19-24,33-42,49-51,54-57H,1-3,7-18,25-32,43-48,52-53H2. The number of aromatic nitrogens is 2. The molecule has 2 aliphatic carbocycles. The monoisotopic (exact) mass is 1260 g/mol. The first-order valence-corrected chi connectivity index (χ1v) is 32.7. The summed E-state index contributed by atoms with van der Waals surface area (Å²) in [6.07, 6.45) is 20.3. The van der Waals surface area contributed by atoms with Crippen LogP contribution >= 0.6 is 0 Å². The highest BCUT2D eigenvalue weighted by molar-refractivity contribution is 5.87. The van der Waals surface area contributed by atoms with Gasteiger partial charge in [-0.05, 0) is 225 Å². The summed E-state index contributed by atoms with van der Waals surface area (Å²) in [7, 11) is 0. The molecule has 0 atom stereocenters. The van der Waals surface area contributed by atoms with E-state index >= 15 is 0 Å². The van der Waals surface area contributed by atoms with Crippen LogP contribution in [0.25, 0.3) is 33.5 Å². The van der Waals surface area contributed by atoms with E-state index in [9.17, 15) is 24.0 Å². The fraction of sp³-hybridized carbons (Fsp3) is 0.427. The summed E-state index contributed by atoms with van der Waals surface area (Å²) >= 11 is 0. The first-order chi connectivity index (χ1) is 45.0. The second-order valence-electron chi connectivity index (χ2n) is 23.4. The number of carbonyl (C=O) groups is 5. The molecule has 17 heteroatoms. The Hall–Kier alpha value is -8.99. The van der Waals surface area contributed by atoms with Crippen molar-refractivity contribution < 1.29 is 71.3 Å². The fourth-order valence-electron chi connectivity index (χ4n) is 11.1. The van der Waals surface area contributed by atoms with Gasteiger partial charge in [0.25, 0.3) is 0 Å². The zero-order valence-electron chi connectivity index (χ0n) is 52.9. The van der Waals surface area contributed by atoms with Crippen molar-refractivity contribution in [1.82, 2.24) is 9.97 Å². The molecule has 0 radical (unpaired) electrons. The van der Waals surface area contributed by atoms with E-state index in [0.717, 1.165) is 114 Å². The molecule has 1 heterocycles. The Morgan fingerprint density at radius 3 is 1.09 bits per heavy atom. The van der Waals surface area contributed by atoms with Gasteiger partial charge in [0.05, 0.1) is 87.1 Å². The number of nitrogens with zero attached hydrogens (tertiary/aromatic N) is 2. The quantitative estimate of drug-likeness (QED) is 0.0116. The predicted octanol–water partition coefficient (Wildman–Crippen LogP) is 15.6. The number of ether oxygens (including phenoxy) is 10. The van der Waals surface area contributed by atoms with Gasteiger partial charge < -0.3 is 47.4 Å². The smallest absolute Gasteiger partial charge is 0.330 e. The Kier molecular flexibility index (Phi) is 28.5. The van der Waals surface area contributed by atoms with Crippen molar-refractivity contribution >= 4 is 40.9 Å². The molecule has 0 N–H and O–H groups in total. The van der Waals surface area contributed by atoms with Crippen LogP contribution in [0.2, 0.25) is 0 Å². The lowest BCUT2D eigenvalue weighted by atomic mass is 9.82. The largest absolute Gasteiger partial charge is 0.494 e. The van der Waals surface area contributed by atoms with Gasteiger partial charge in [0.1, 0.15) is 40.2 Å². The van der Waals surface area contributed by atoms with Crippen molar-refractivity contribution in [3.05, 3.63) is 153 Å². The average molecular weight is 1260 g/mol. The molecule has 6 aromatic rings. The summed E-state index contributed by atoms with van der Waals surface area (Å²) in [5.41, 5.74) is 4.40. The molecule has 2 saturated carbocycles. The fourth-order valence-corrected chi connectivity index (χ4v) is 11.1. The number of unbranched alkanes of at least 4 members (excludes halogenated alkanes) is 9. The van der Waals surface area contributed by atoms with Crippen LogP contribution in [-0.2, 0) is 38.2 Å². The van der Waals surface area contributed by atoms with Crippen LogP contribution in [0.3, 0.4) is 0 Å². The Morgan fingerprint density at radius 1 is 0.359 bits per heavy atom. The Labute approximate surface area is 540 Å². The van der Waals surface area contributed by atoms with E-state index in [2.05, 4.69) is 19.7 Å². The second kappa shape index (κ2) is 38.0. The van der Waals surface area contributed by atoms with Crippen LogP contribution in [0.5, 0.6) is 40.2 Å². The third-order valence-corrected chi connectivity index (χ3v) is 16.4. The lowest BCUT2D eigenvalue weighted by Gasteiger charge is -2.27. The number of rotatable bonds is 39. The maximum atomic E-state index is 13.3. The van der Waals surface area contributed by atoms with E-state index in [1.165, 1.54) is 18.2 Å². The summed E-state index contributed by atoms with van der Waals surface area (Å²) < 4.78 is 57.8. The average Bonchev–Trinajstić information content (AvgIpc) is 0.791. The number of hydrogen-bond acceptors (Lipinski definition) is 17.